The Morgan fingerprint density at radius 3 is 2.31 bits per heavy atom. The Morgan fingerprint density at radius 1 is 0.966 bits per heavy atom. The van der Waals surface area contributed by atoms with E-state index in [9.17, 15) is 19.7 Å². The Bertz CT molecular complexity index is 1080. The first-order chi connectivity index (χ1) is 14.0. The van der Waals surface area contributed by atoms with E-state index in [4.69, 9.17) is 0 Å². The zero-order chi connectivity index (χ0) is 20.4. The molecule has 1 atom stereocenters. The first-order valence-electron chi connectivity index (χ1n) is 8.84. The molecule has 0 aromatic heterocycles. The number of hydrazine groups is 1. The van der Waals surface area contributed by atoms with E-state index < -0.39 is 17.0 Å². The highest BCUT2D eigenvalue weighted by atomic mass is 16.6. The molecule has 8 nitrogen and oxygen atoms in total. The van der Waals surface area contributed by atoms with Crippen LogP contribution in [0, 0.1) is 10.1 Å². The minimum Gasteiger partial charge on any atom is -0.359 e. The van der Waals surface area contributed by atoms with Crippen molar-refractivity contribution in [1.29, 1.82) is 0 Å². The molecule has 0 aliphatic carbocycles. The highest BCUT2D eigenvalue weighted by Crippen LogP contribution is 2.31. The van der Waals surface area contributed by atoms with Gasteiger partial charge in [0, 0.05) is 23.4 Å². The van der Waals surface area contributed by atoms with Crippen LogP contribution in [0.3, 0.4) is 0 Å². The number of non-ortho nitro benzene ring substituents is 1. The zero-order valence-electron chi connectivity index (χ0n) is 15.1. The van der Waals surface area contributed by atoms with Gasteiger partial charge in [-0.1, -0.05) is 42.5 Å². The number of amides is 2. The normalized spacial score (nSPS) is 15.2. The number of nitrogens with one attached hydrogen (secondary N) is 2. The summed E-state index contributed by atoms with van der Waals surface area (Å²) in [5.41, 5.74) is 4.62. The van der Waals surface area contributed by atoms with Gasteiger partial charge in [0.25, 0.3) is 17.5 Å². The molecular weight excluding hydrogens is 372 g/mol. The van der Waals surface area contributed by atoms with Crippen LogP contribution in [-0.4, -0.2) is 21.7 Å². The molecule has 4 rings (SSSR count). The van der Waals surface area contributed by atoms with Crippen molar-refractivity contribution in [3.8, 4) is 0 Å². The van der Waals surface area contributed by atoms with Gasteiger partial charge in [-0.05, 0) is 29.8 Å². The van der Waals surface area contributed by atoms with Crippen LogP contribution < -0.4 is 10.7 Å². The Balaban J connectivity index is 1.66. The van der Waals surface area contributed by atoms with Crippen LogP contribution >= 0.6 is 0 Å². The number of fused-ring (bicyclic) bond motifs is 1. The van der Waals surface area contributed by atoms with Gasteiger partial charge in [0.05, 0.1) is 10.5 Å². The monoisotopic (exact) mass is 388 g/mol. The average Bonchev–Trinajstić information content (AvgIpc) is 2.76. The van der Waals surface area contributed by atoms with Crippen molar-refractivity contribution in [3.05, 3.63) is 106 Å². The Hall–Kier alpha value is -4.20. The molecule has 8 heteroatoms. The van der Waals surface area contributed by atoms with E-state index in [0.29, 0.717) is 11.3 Å². The number of carbonyl (C=O) groups is 2. The van der Waals surface area contributed by atoms with Gasteiger partial charge in [-0.15, -0.1) is 0 Å². The van der Waals surface area contributed by atoms with Crippen molar-refractivity contribution >= 4 is 23.2 Å². The van der Waals surface area contributed by atoms with Crippen molar-refractivity contribution in [1.82, 2.24) is 10.4 Å². The fourth-order valence-electron chi connectivity index (χ4n) is 3.15. The zero-order valence-corrected chi connectivity index (χ0v) is 15.1. The van der Waals surface area contributed by atoms with Gasteiger partial charge < -0.3 is 5.32 Å². The third kappa shape index (κ3) is 3.51. The van der Waals surface area contributed by atoms with E-state index in [1.54, 1.807) is 18.2 Å². The molecule has 0 fully saturated rings. The molecular formula is C21H16N4O4. The molecule has 0 saturated carbocycles. The summed E-state index contributed by atoms with van der Waals surface area (Å²) < 4.78 is 0. The van der Waals surface area contributed by atoms with Crippen LogP contribution in [0.1, 0.15) is 32.4 Å². The Labute approximate surface area is 165 Å². The smallest absolute Gasteiger partial charge is 0.276 e. The van der Waals surface area contributed by atoms with Gasteiger partial charge in [-0.3, -0.25) is 25.1 Å². The molecule has 3 aromatic carbocycles. The highest BCUT2D eigenvalue weighted by molar-refractivity contribution is 6.04. The first kappa shape index (κ1) is 18.2. The summed E-state index contributed by atoms with van der Waals surface area (Å²) in [4.78, 5) is 36.1. The lowest BCUT2D eigenvalue weighted by molar-refractivity contribution is -0.384. The van der Waals surface area contributed by atoms with Crippen molar-refractivity contribution in [2.45, 2.75) is 6.17 Å². The molecule has 1 aliphatic heterocycles. The van der Waals surface area contributed by atoms with E-state index in [0.717, 1.165) is 5.56 Å². The molecule has 0 saturated heterocycles. The summed E-state index contributed by atoms with van der Waals surface area (Å²) in [7, 11) is 0. The second-order valence-electron chi connectivity index (χ2n) is 6.42. The van der Waals surface area contributed by atoms with Gasteiger partial charge >= 0.3 is 0 Å². The number of nitro benzene ring substituents is 1. The molecule has 1 aliphatic rings. The predicted molar refractivity (Wildman–Crippen MR) is 106 cm³/mol. The lowest BCUT2D eigenvalue weighted by Gasteiger charge is -2.37. The maximum atomic E-state index is 13.1. The van der Waals surface area contributed by atoms with Gasteiger partial charge in [0.1, 0.15) is 6.17 Å². The number of anilines is 1. The minimum atomic E-state index is -0.611. The SMILES string of the molecule is O=C(NN1C(=O)c2ccccc2NC1c1ccccc1)c1ccc([N+](=O)[O-])cc1. The molecule has 1 unspecified atom stereocenters. The number of hydrogen-bond donors (Lipinski definition) is 2. The number of rotatable bonds is 4. The molecule has 0 spiro atoms. The molecule has 29 heavy (non-hydrogen) atoms. The Morgan fingerprint density at radius 2 is 1.62 bits per heavy atom. The molecule has 0 bridgehead atoms. The quantitative estimate of drug-likeness (QED) is 0.526. The second kappa shape index (κ2) is 7.43. The molecule has 3 aromatic rings. The molecule has 2 amide bonds. The van der Waals surface area contributed by atoms with Crippen molar-refractivity contribution in [2.75, 3.05) is 5.32 Å². The van der Waals surface area contributed by atoms with Crippen LogP contribution in [0.5, 0.6) is 0 Å². The average molecular weight is 388 g/mol. The van der Waals surface area contributed by atoms with Gasteiger partial charge in [0.15, 0.2) is 0 Å². The topological polar surface area (TPSA) is 105 Å². The maximum Gasteiger partial charge on any atom is 0.276 e. The van der Waals surface area contributed by atoms with Crippen LogP contribution in [-0.2, 0) is 0 Å². The summed E-state index contributed by atoms with van der Waals surface area (Å²) in [6.07, 6.45) is -0.611. The number of nitrogens with zero attached hydrogens (tertiary/aromatic N) is 2. The number of hydrogen-bond acceptors (Lipinski definition) is 5. The fraction of sp³-hybridized carbons (Fsp3) is 0.0476. The third-order valence-corrected chi connectivity index (χ3v) is 4.60. The van der Waals surface area contributed by atoms with Crippen LogP contribution in [0.4, 0.5) is 11.4 Å². The fourth-order valence-corrected chi connectivity index (χ4v) is 3.15. The summed E-state index contributed by atoms with van der Waals surface area (Å²) in [6.45, 7) is 0. The highest BCUT2D eigenvalue weighted by Gasteiger charge is 2.34. The van der Waals surface area contributed by atoms with Crippen LogP contribution in [0.15, 0.2) is 78.9 Å². The molecule has 2 N–H and O–H groups in total. The van der Waals surface area contributed by atoms with Crippen LogP contribution in [0.2, 0.25) is 0 Å². The van der Waals surface area contributed by atoms with E-state index in [2.05, 4.69) is 10.7 Å². The Kier molecular flexibility index (Phi) is 4.66. The lowest BCUT2D eigenvalue weighted by Crippen LogP contribution is -2.52. The standard InChI is InChI=1S/C21H16N4O4/c26-20(15-10-12-16(13-11-15)25(28)29)23-24-19(14-6-2-1-3-7-14)22-18-9-5-4-8-17(18)21(24)27/h1-13,19,22H,(H,23,26). The van der Waals surface area contributed by atoms with Gasteiger partial charge in [-0.2, -0.15) is 0 Å². The molecule has 1 heterocycles. The third-order valence-electron chi connectivity index (χ3n) is 4.60. The van der Waals surface area contributed by atoms with E-state index in [-0.39, 0.29) is 17.2 Å². The minimum absolute atomic E-state index is 0.117. The predicted octanol–water partition coefficient (Wildman–Crippen LogP) is 3.51. The van der Waals surface area contributed by atoms with Gasteiger partial charge in [0.2, 0.25) is 0 Å². The largest absolute Gasteiger partial charge is 0.359 e. The number of carbonyl (C=O) groups excluding carboxylic acids is 2. The summed E-state index contributed by atoms with van der Waals surface area (Å²) in [5.74, 6) is -0.904. The molecule has 0 radical (unpaired) electrons. The number of benzene rings is 3. The number of nitro groups is 1. The van der Waals surface area contributed by atoms with Crippen LogP contribution in [0.25, 0.3) is 0 Å². The number of para-hydroxylation sites is 1. The first-order valence-corrected chi connectivity index (χ1v) is 8.84. The second-order valence-corrected chi connectivity index (χ2v) is 6.42. The maximum absolute atomic E-state index is 13.1. The van der Waals surface area contributed by atoms with Crippen molar-refractivity contribution in [3.63, 3.8) is 0 Å². The molecule has 144 valence electrons. The van der Waals surface area contributed by atoms with E-state index >= 15 is 0 Å². The van der Waals surface area contributed by atoms with Gasteiger partial charge in [-0.25, -0.2) is 5.01 Å². The van der Waals surface area contributed by atoms with Crippen molar-refractivity contribution in [2.24, 2.45) is 0 Å². The van der Waals surface area contributed by atoms with E-state index in [1.807, 2.05) is 36.4 Å². The van der Waals surface area contributed by atoms with Crippen molar-refractivity contribution < 1.29 is 14.5 Å². The lowest BCUT2D eigenvalue weighted by atomic mass is 10.0. The summed E-state index contributed by atoms with van der Waals surface area (Å²) in [6, 6.07) is 21.5. The van der Waals surface area contributed by atoms with E-state index in [1.165, 1.54) is 29.3 Å². The summed E-state index contributed by atoms with van der Waals surface area (Å²) in [5, 5.41) is 15.3. The summed E-state index contributed by atoms with van der Waals surface area (Å²) >= 11 is 0.